The van der Waals surface area contributed by atoms with Crippen molar-refractivity contribution in [3.63, 3.8) is 0 Å². The molecule has 29 heavy (non-hydrogen) atoms. The summed E-state index contributed by atoms with van der Waals surface area (Å²) in [6.07, 6.45) is 0.644. The van der Waals surface area contributed by atoms with Crippen LogP contribution in [0.2, 0.25) is 10.0 Å². The van der Waals surface area contributed by atoms with Gasteiger partial charge in [-0.2, -0.15) is 0 Å². The third-order valence-corrected chi connectivity index (χ3v) is 5.99. The van der Waals surface area contributed by atoms with E-state index in [1.165, 1.54) is 9.80 Å². The van der Waals surface area contributed by atoms with E-state index in [0.717, 1.165) is 11.1 Å². The predicted molar refractivity (Wildman–Crippen MR) is 112 cm³/mol. The number of carbonyl (C=O) groups is 3. The Morgan fingerprint density at radius 1 is 0.690 bits per heavy atom. The number of nitrogens with zero attached hydrogens (tertiary/aromatic N) is 2. The van der Waals surface area contributed by atoms with E-state index < -0.39 is 23.3 Å². The van der Waals surface area contributed by atoms with Crippen molar-refractivity contribution in [2.45, 2.75) is 39.8 Å². The number of urea groups is 1. The smallest absolute Gasteiger partial charge is 0.273 e. The average Bonchev–Trinajstić information content (AvgIpc) is 2.72. The molecule has 2 aromatic rings. The molecule has 0 spiro atoms. The summed E-state index contributed by atoms with van der Waals surface area (Å²) in [5.74, 6) is -0.889. The van der Waals surface area contributed by atoms with Gasteiger partial charge in [-0.1, -0.05) is 61.3 Å². The molecule has 1 fully saturated rings. The second-order valence-corrected chi connectivity index (χ2v) is 7.98. The van der Waals surface area contributed by atoms with Gasteiger partial charge in [0.15, 0.2) is 0 Å². The van der Waals surface area contributed by atoms with Gasteiger partial charge in [0.05, 0.1) is 13.1 Å². The van der Waals surface area contributed by atoms with Crippen molar-refractivity contribution < 1.29 is 14.4 Å². The lowest BCUT2D eigenvalue weighted by molar-refractivity contribution is -0.160. The summed E-state index contributed by atoms with van der Waals surface area (Å²) >= 11 is 11.9. The third-order valence-electron chi connectivity index (χ3n) is 5.49. The Labute approximate surface area is 180 Å². The molecule has 0 N–H and O–H groups in total. The van der Waals surface area contributed by atoms with E-state index >= 15 is 0 Å². The predicted octanol–water partition coefficient (Wildman–Crippen LogP) is 5.29. The van der Waals surface area contributed by atoms with Crippen LogP contribution < -0.4 is 0 Å². The molecule has 0 radical (unpaired) electrons. The zero-order chi connectivity index (χ0) is 21.2. The summed E-state index contributed by atoms with van der Waals surface area (Å²) in [7, 11) is 0. The number of benzene rings is 2. The molecule has 1 heterocycles. The minimum Gasteiger partial charge on any atom is -0.273 e. The van der Waals surface area contributed by atoms with Crippen LogP contribution in [0.15, 0.2) is 48.5 Å². The Morgan fingerprint density at radius 2 is 1.03 bits per heavy atom. The lowest BCUT2D eigenvalue weighted by Crippen LogP contribution is -2.64. The number of amides is 4. The van der Waals surface area contributed by atoms with Gasteiger partial charge in [-0.15, -0.1) is 0 Å². The highest BCUT2D eigenvalue weighted by Gasteiger charge is 2.55. The van der Waals surface area contributed by atoms with Crippen LogP contribution in [-0.4, -0.2) is 27.6 Å². The van der Waals surface area contributed by atoms with Crippen LogP contribution in [-0.2, 0) is 22.7 Å². The number of carbonyl (C=O) groups excluding carboxylic acids is 3. The van der Waals surface area contributed by atoms with Crippen LogP contribution in [0.4, 0.5) is 4.79 Å². The summed E-state index contributed by atoms with van der Waals surface area (Å²) in [5, 5.41) is 1.14. The van der Waals surface area contributed by atoms with Crippen molar-refractivity contribution in [2.24, 2.45) is 5.41 Å². The number of barbiturate groups is 1. The normalized spacial score (nSPS) is 16.5. The number of rotatable bonds is 6. The van der Waals surface area contributed by atoms with Gasteiger partial charge in [0.25, 0.3) is 0 Å². The first-order valence-electron chi connectivity index (χ1n) is 9.49. The minimum atomic E-state index is -1.24. The monoisotopic (exact) mass is 432 g/mol. The lowest BCUT2D eigenvalue weighted by Gasteiger charge is -2.43. The van der Waals surface area contributed by atoms with Gasteiger partial charge in [0.2, 0.25) is 11.8 Å². The molecule has 0 aliphatic carbocycles. The van der Waals surface area contributed by atoms with E-state index in [9.17, 15) is 14.4 Å². The van der Waals surface area contributed by atoms with Crippen LogP contribution in [0.3, 0.4) is 0 Å². The van der Waals surface area contributed by atoms with Gasteiger partial charge in [-0.3, -0.25) is 19.4 Å². The zero-order valence-electron chi connectivity index (χ0n) is 16.3. The minimum absolute atomic E-state index is 0.0843. The summed E-state index contributed by atoms with van der Waals surface area (Å²) in [6.45, 7) is 3.77. The molecule has 3 rings (SSSR count). The second kappa shape index (κ2) is 8.56. The van der Waals surface area contributed by atoms with E-state index in [2.05, 4.69) is 0 Å². The molecule has 5 nitrogen and oxygen atoms in total. The first kappa shape index (κ1) is 21.3. The quantitative estimate of drug-likeness (QED) is 0.582. The molecule has 1 aliphatic heterocycles. The van der Waals surface area contributed by atoms with Crippen molar-refractivity contribution in [3.8, 4) is 0 Å². The van der Waals surface area contributed by atoms with Crippen molar-refractivity contribution in [2.75, 3.05) is 0 Å². The van der Waals surface area contributed by atoms with Crippen LogP contribution >= 0.6 is 23.2 Å². The molecule has 0 saturated carbocycles. The molecule has 0 atom stereocenters. The first-order valence-corrected chi connectivity index (χ1v) is 10.2. The standard InChI is InChI=1S/C22H22Cl2N2O3/c1-3-22(4-2)19(27)25(13-15-5-9-17(23)10-6-15)21(29)26(20(22)28)14-16-7-11-18(24)12-8-16/h5-12H,3-4,13-14H2,1-2H3. The zero-order valence-corrected chi connectivity index (χ0v) is 17.8. The van der Waals surface area contributed by atoms with Crippen LogP contribution in [0, 0.1) is 5.41 Å². The average molecular weight is 433 g/mol. The van der Waals surface area contributed by atoms with Crippen molar-refractivity contribution in [1.82, 2.24) is 9.80 Å². The second-order valence-electron chi connectivity index (χ2n) is 7.11. The maximum atomic E-state index is 13.3. The third kappa shape index (κ3) is 4.02. The highest BCUT2D eigenvalue weighted by atomic mass is 35.5. The fourth-order valence-corrected chi connectivity index (χ4v) is 3.86. The van der Waals surface area contributed by atoms with Gasteiger partial charge < -0.3 is 0 Å². The van der Waals surface area contributed by atoms with Gasteiger partial charge in [0, 0.05) is 10.0 Å². The molecule has 152 valence electrons. The molecule has 0 unspecified atom stereocenters. The van der Waals surface area contributed by atoms with E-state index in [1.807, 2.05) is 0 Å². The first-order chi connectivity index (χ1) is 13.8. The van der Waals surface area contributed by atoms with Gasteiger partial charge >= 0.3 is 6.03 Å². The van der Waals surface area contributed by atoms with Crippen molar-refractivity contribution in [3.05, 3.63) is 69.7 Å². The van der Waals surface area contributed by atoms with E-state index in [0.29, 0.717) is 22.9 Å². The van der Waals surface area contributed by atoms with Crippen LogP contribution in [0.1, 0.15) is 37.8 Å². The van der Waals surface area contributed by atoms with Gasteiger partial charge in [-0.05, 0) is 48.2 Å². The van der Waals surface area contributed by atoms with E-state index in [-0.39, 0.29) is 13.1 Å². The number of hydrogen-bond donors (Lipinski definition) is 0. The van der Waals surface area contributed by atoms with Crippen LogP contribution in [0.5, 0.6) is 0 Å². The van der Waals surface area contributed by atoms with Crippen molar-refractivity contribution in [1.29, 1.82) is 0 Å². The Balaban J connectivity index is 1.97. The highest BCUT2D eigenvalue weighted by molar-refractivity contribution is 6.30. The Bertz CT molecular complexity index is 851. The number of halogens is 2. The SMILES string of the molecule is CCC1(CC)C(=O)N(Cc2ccc(Cl)cc2)C(=O)N(Cc2ccc(Cl)cc2)C1=O. The molecule has 2 aromatic carbocycles. The Hall–Kier alpha value is -2.37. The molecular formula is C22H22Cl2N2O3. The molecule has 0 aromatic heterocycles. The molecule has 0 bridgehead atoms. The summed E-state index contributed by atoms with van der Waals surface area (Å²) in [4.78, 5) is 42.0. The Morgan fingerprint density at radius 3 is 1.34 bits per heavy atom. The fraction of sp³-hybridized carbons (Fsp3) is 0.318. The topological polar surface area (TPSA) is 57.7 Å². The molecular weight excluding hydrogens is 411 g/mol. The Kier molecular flexibility index (Phi) is 6.30. The van der Waals surface area contributed by atoms with Gasteiger partial charge in [0.1, 0.15) is 5.41 Å². The molecule has 4 amide bonds. The molecule has 1 saturated heterocycles. The summed E-state index contributed by atoms with van der Waals surface area (Å²) in [5.41, 5.74) is 0.281. The fourth-order valence-electron chi connectivity index (χ4n) is 3.61. The molecule has 7 heteroatoms. The van der Waals surface area contributed by atoms with E-state index in [4.69, 9.17) is 23.2 Å². The number of imide groups is 2. The maximum Gasteiger partial charge on any atom is 0.334 e. The van der Waals surface area contributed by atoms with Gasteiger partial charge in [-0.25, -0.2) is 4.79 Å². The van der Waals surface area contributed by atoms with Crippen LogP contribution in [0.25, 0.3) is 0 Å². The maximum absolute atomic E-state index is 13.3. The molecule has 1 aliphatic rings. The lowest BCUT2D eigenvalue weighted by atomic mass is 9.77. The summed E-state index contributed by atoms with van der Waals surface area (Å²) in [6, 6.07) is 13.3. The summed E-state index contributed by atoms with van der Waals surface area (Å²) < 4.78 is 0. The van der Waals surface area contributed by atoms with Crippen molar-refractivity contribution >= 4 is 41.0 Å². The van der Waals surface area contributed by atoms with E-state index in [1.54, 1.807) is 62.4 Å². The largest absolute Gasteiger partial charge is 0.334 e. The number of hydrogen-bond acceptors (Lipinski definition) is 3. The highest BCUT2D eigenvalue weighted by Crippen LogP contribution is 2.37.